The van der Waals surface area contributed by atoms with E-state index in [1.54, 1.807) is 0 Å². The summed E-state index contributed by atoms with van der Waals surface area (Å²) in [6.45, 7) is 1.62. The van der Waals surface area contributed by atoms with E-state index in [4.69, 9.17) is 20.0 Å². The van der Waals surface area contributed by atoms with Gasteiger partial charge in [-0.2, -0.15) is 10.5 Å². The summed E-state index contributed by atoms with van der Waals surface area (Å²) in [5, 5.41) is 26.2. The summed E-state index contributed by atoms with van der Waals surface area (Å²) >= 11 is 0. The molecule has 0 aromatic rings. The zero-order valence-corrected chi connectivity index (χ0v) is 9.19. The first-order valence-corrected chi connectivity index (χ1v) is 5.32. The Labute approximate surface area is 95.2 Å². The van der Waals surface area contributed by atoms with Crippen LogP contribution in [-0.2, 0) is 9.47 Å². The number of aliphatic hydroxyl groups is 1. The Hall–Kier alpha value is -1.14. The lowest BCUT2D eigenvalue weighted by Gasteiger charge is -2.15. The van der Waals surface area contributed by atoms with Gasteiger partial charge in [-0.15, -0.1) is 0 Å². The topological polar surface area (TPSA) is 86.3 Å². The van der Waals surface area contributed by atoms with Crippen molar-refractivity contribution in [3.8, 4) is 12.1 Å². The minimum atomic E-state index is -0.378. The van der Waals surface area contributed by atoms with Crippen molar-refractivity contribution in [3.63, 3.8) is 0 Å². The molecule has 0 heterocycles. The minimum absolute atomic E-state index is 0.301. The van der Waals surface area contributed by atoms with Crippen LogP contribution in [0.2, 0.25) is 0 Å². The monoisotopic (exact) mass is 224 g/mol. The lowest BCUT2D eigenvalue weighted by atomic mass is 10.1. The molecular weight excluding hydrogens is 208 g/mol. The van der Waals surface area contributed by atoms with Crippen molar-refractivity contribution in [1.29, 1.82) is 10.5 Å². The highest BCUT2D eigenvalue weighted by molar-refractivity contribution is 5.03. The molecule has 0 radical (unpaired) electrons. The van der Waals surface area contributed by atoms with Crippen LogP contribution in [0.1, 0.15) is 19.3 Å². The second-order valence-electron chi connectivity index (χ2n) is 4.00. The van der Waals surface area contributed by atoms with Crippen LogP contribution in [0.25, 0.3) is 0 Å². The molecule has 1 aliphatic carbocycles. The maximum absolute atomic E-state index is 9.50. The zero-order valence-electron chi connectivity index (χ0n) is 9.19. The van der Waals surface area contributed by atoms with E-state index in [1.807, 2.05) is 12.1 Å². The number of ether oxygens (including phenoxy) is 2. The van der Waals surface area contributed by atoms with Gasteiger partial charge in [-0.1, -0.05) is 0 Å². The van der Waals surface area contributed by atoms with Crippen LogP contribution < -0.4 is 0 Å². The van der Waals surface area contributed by atoms with Crippen molar-refractivity contribution in [3.05, 3.63) is 0 Å². The molecule has 0 aromatic heterocycles. The molecule has 1 aliphatic rings. The molecule has 1 saturated carbocycles. The second-order valence-corrected chi connectivity index (χ2v) is 4.00. The number of hydrogen-bond acceptors (Lipinski definition) is 5. The summed E-state index contributed by atoms with van der Waals surface area (Å²) in [6.07, 6.45) is 1.02. The third-order valence-electron chi connectivity index (χ3n) is 2.64. The smallest absolute Gasteiger partial charge is 0.0649 e. The average Bonchev–Trinajstić information content (AvgIpc) is 2.92. The van der Waals surface area contributed by atoms with E-state index < -0.39 is 0 Å². The summed E-state index contributed by atoms with van der Waals surface area (Å²) < 4.78 is 10.6. The van der Waals surface area contributed by atoms with E-state index in [1.165, 1.54) is 0 Å². The molecule has 1 N–H and O–H groups in total. The minimum Gasteiger partial charge on any atom is -0.392 e. The Morgan fingerprint density at radius 1 is 1.12 bits per heavy atom. The third kappa shape index (κ3) is 3.79. The van der Waals surface area contributed by atoms with Gasteiger partial charge in [0.2, 0.25) is 0 Å². The summed E-state index contributed by atoms with van der Waals surface area (Å²) in [4.78, 5) is 0. The van der Waals surface area contributed by atoms with Gasteiger partial charge in [0, 0.05) is 5.41 Å². The molecule has 1 fully saturated rings. The van der Waals surface area contributed by atoms with Gasteiger partial charge in [-0.05, 0) is 6.42 Å². The number of hydrogen-bond donors (Lipinski definition) is 1. The fourth-order valence-corrected chi connectivity index (χ4v) is 1.46. The van der Waals surface area contributed by atoms with Gasteiger partial charge in [-0.25, -0.2) is 0 Å². The zero-order chi connectivity index (χ0) is 11.9. The van der Waals surface area contributed by atoms with Crippen molar-refractivity contribution in [2.24, 2.45) is 5.41 Å². The van der Waals surface area contributed by atoms with Crippen LogP contribution in [-0.4, -0.2) is 37.6 Å². The van der Waals surface area contributed by atoms with Crippen molar-refractivity contribution in [2.45, 2.75) is 25.4 Å². The van der Waals surface area contributed by atoms with Crippen LogP contribution in [0.4, 0.5) is 0 Å². The molecule has 0 aromatic carbocycles. The second kappa shape index (κ2) is 6.44. The maximum atomic E-state index is 9.50. The maximum Gasteiger partial charge on any atom is 0.0649 e. The molecule has 0 spiro atoms. The highest BCUT2D eigenvalue weighted by Gasteiger charge is 2.53. The first-order chi connectivity index (χ1) is 7.75. The largest absolute Gasteiger partial charge is 0.392 e. The first-order valence-electron chi connectivity index (χ1n) is 5.32. The van der Waals surface area contributed by atoms with E-state index in [9.17, 15) is 5.11 Å². The first kappa shape index (κ1) is 12.9. The Morgan fingerprint density at radius 3 is 1.88 bits per heavy atom. The molecule has 5 nitrogen and oxygen atoms in total. The molecule has 88 valence electrons. The van der Waals surface area contributed by atoms with E-state index in [2.05, 4.69) is 0 Å². The number of nitrogens with zero attached hydrogens (tertiary/aromatic N) is 2. The molecule has 5 heteroatoms. The molecule has 16 heavy (non-hydrogen) atoms. The standard InChI is InChI=1S/C11H16N2O3/c12-3-1-5-15-8-11(7-10(11)14)9-16-6-2-4-13/h10,14H,1-2,5-9H2. The Balaban J connectivity index is 2.14. The van der Waals surface area contributed by atoms with Crippen LogP contribution in [0, 0.1) is 28.1 Å². The van der Waals surface area contributed by atoms with Gasteiger partial charge in [0.05, 0.1) is 57.5 Å². The van der Waals surface area contributed by atoms with Gasteiger partial charge in [0.25, 0.3) is 0 Å². The van der Waals surface area contributed by atoms with E-state index in [-0.39, 0.29) is 11.5 Å². The molecular formula is C11H16N2O3. The van der Waals surface area contributed by atoms with Gasteiger partial charge >= 0.3 is 0 Å². The summed E-state index contributed by atoms with van der Waals surface area (Å²) in [5.41, 5.74) is -0.301. The summed E-state index contributed by atoms with van der Waals surface area (Å²) in [5.74, 6) is 0. The highest BCUT2D eigenvalue weighted by Crippen LogP contribution is 2.46. The number of aliphatic hydroxyl groups excluding tert-OH is 1. The van der Waals surface area contributed by atoms with E-state index >= 15 is 0 Å². The van der Waals surface area contributed by atoms with Gasteiger partial charge < -0.3 is 14.6 Å². The average molecular weight is 224 g/mol. The SMILES string of the molecule is N#CCCOCC1(COCCC#N)CC1O. The lowest BCUT2D eigenvalue weighted by molar-refractivity contribution is 0.0103. The quantitative estimate of drug-likeness (QED) is 0.610. The molecule has 1 atom stereocenters. The van der Waals surface area contributed by atoms with Gasteiger partial charge in [0.15, 0.2) is 0 Å². The molecule has 0 aliphatic heterocycles. The number of rotatable bonds is 8. The normalized spacial score (nSPS) is 21.1. The predicted molar refractivity (Wildman–Crippen MR) is 55.2 cm³/mol. The van der Waals surface area contributed by atoms with Crippen molar-refractivity contribution < 1.29 is 14.6 Å². The van der Waals surface area contributed by atoms with Crippen LogP contribution >= 0.6 is 0 Å². The Bertz CT molecular complexity index is 271. The summed E-state index contributed by atoms with van der Waals surface area (Å²) in [7, 11) is 0. The Kier molecular flexibility index (Phi) is 5.21. The van der Waals surface area contributed by atoms with E-state index in [0.717, 1.165) is 0 Å². The van der Waals surface area contributed by atoms with E-state index in [0.29, 0.717) is 45.7 Å². The molecule has 1 rings (SSSR count). The fraction of sp³-hybridized carbons (Fsp3) is 0.818. The molecule has 0 saturated heterocycles. The molecule has 0 bridgehead atoms. The third-order valence-corrected chi connectivity index (χ3v) is 2.64. The van der Waals surface area contributed by atoms with Crippen molar-refractivity contribution >= 4 is 0 Å². The Morgan fingerprint density at radius 2 is 1.56 bits per heavy atom. The predicted octanol–water partition coefficient (Wildman–Crippen LogP) is 0.598. The molecule has 0 amide bonds. The van der Waals surface area contributed by atoms with Crippen LogP contribution in [0.5, 0.6) is 0 Å². The summed E-state index contributed by atoms with van der Waals surface area (Å²) in [6, 6.07) is 3.98. The lowest BCUT2D eigenvalue weighted by Crippen LogP contribution is -2.22. The highest BCUT2D eigenvalue weighted by atomic mass is 16.5. The van der Waals surface area contributed by atoms with Crippen molar-refractivity contribution in [2.75, 3.05) is 26.4 Å². The fourth-order valence-electron chi connectivity index (χ4n) is 1.46. The van der Waals surface area contributed by atoms with Crippen LogP contribution in [0.15, 0.2) is 0 Å². The number of nitriles is 2. The van der Waals surface area contributed by atoms with Crippen LogP contribution in [0.3, 0.4) is 0 Å². The molecule has 1 unspecified atom stereocenters. The van der Waals surface area contributed by atoms with Gasteiger partial charge in [-0.3, -0.25) is 0 Å². The van der Waals surface area contributed by atoms with Crippen molar-refractivity contribution in [1.82, 2.24) is 0 Å². The van der Waals surface area contributed by atoms with Gasteiger partial charge in [0.1, 0.15) is 0 Å².